The summed E-state index contributed by atoms with van der Waals surface area (Å²) in [7, 11) is 0. The van der Waals surface area contributed by atoms with Crippen molar-refractivity contribution in [3.05, 3.63) is 0 Å². The normalized spacial score (nSPS) is 0. The van der Waals surface area contributed by atoms with E-state index in [0.29, 0.717) is 0 Å². The van der Waals surface area contributed by atoms with Gasteiger partial charge in [0.25, 0.3) is 0 Å². The summed E-state index contributed by atoms with van der Waals surface area (Å²) in [6.45, 7) is 0. The first-order valence-electron chi connectivity index (χ1n) is 0. The average Bonchev–Trinajstić information content (AvgIpc) is 0. The third kappa shape index (κ3) is 43.7. The molecule has 0 rings (SSSR count). The van der Waals surface area contributed by atoms with Crippen molar-refractivity contribution in [1.29, 1.82) is 0 Å². The van der Waals surface area contributed by atoms with E-state index in [0.717, 1.165) is 0 Å². The van der Waals surface area contributed by atoms with E-state index in [4.69, 9.17) is 0 Å². The summed E-state index contributed by atoms with van der Waals surface area (Å²) in [5, 5.41) is 0. The van der Waals surface area contributed by atoms with Crippen molar-refractivity contribution in [2.75, 3.05) is 0 Å². The molecule has 0 unspecified atom stereocenters. The molecule has 0 aromatic heterocycles. The van der Waals surface area contributed by atoms with Gasteiger partial charge in [-0.2, -0.15) is 0 Å². The predicted octanol–water partition coefficient (Wildman–Crippen LogP) is -1.80. The van der Waals surface area contributed by atoms with Crippen LogP contribution in [0, 0.1) is 0 Å². The zero-order chi connectivity index (χ0) is 0. The summed E-state index contributed by atoms with van der Waals surface area (Å²) in [6, 6.07) is 0. The second kappa shape index (κ2) is 57.6. The summed E-state index contributed by atoms with van der Waals surface area (Å²) in [6.07, 6.45) is 0. The number of rotatable bonds is 0. The van der Waals surface area contributed by atoms with E-state index in [1.807, 2.05) is 0 Å². The molecular formula is Al2AsGa2In2P. The van der Waals surface area contributed by atoms with Gasteiger partial charge in [0.15, 0.2) is 0 Å². The van der Waals surface area contributed by atoms with Gasteiger partial charge in [0, 0.05) is 74.3 Å². The van der Waals surface area contributed by atoms with Crippen molar-refractivity contribution in [3.63, 3.8) is 0 Å². The molecule has 0 N–H and O–H groups in total. The fourth-order valence-electron chi connectivity index (χ4n) is 0. The van der Waals surface area contributed by atoms with Crippen LogP contribution < -0.4 is 0 Å². The standard InChI is InChI=1S/2Al.As.2Ga.2In.P/q;;-3;;;2*+3;-3. The van der Waals surface area contributed by atoms with Crippen LogP contribution >= 0.6 is 9.90 Å². The molecule has 28 valence electrons. The molecule has 0 aliphatic heterocycles. The van der Waals surface area contributed by atoms with Gasteiger partial charge in [-0.3, -0.25) is 0 Å². The molecule has 8 heavy (non-hydrogen) atoms. The Kier molecular flexibility index (Phi) is 533. The van der Waals surface area contributed by atoms with Gasteiger partial charge in [-0.15, -0.1) is 0 Å². The molecule has 0 heterocycles. The van der Waals surface area contributed by atoms with Crippen LogP contribution in [0.2, 0.25) is 0 Å². The second-order valence-corrected chi connectivity index (χ2v) is 0. The van der Waals surface area contributed by atoms with E-state index < -0.39 is 0 Å². The van der Waals surface area contributed by atoms with Gasteiger partial charge in [-0.1, -0.05) is 0 Å². The topological polar surface area (TPSA) is 0 Å². The fraction of sp³-hybridized carbons (Fsp3) is 0. The average molecular weight is 529 g/mol. The smallest absolute Gasteiger partial charge is 3.00 e. The van der Waals surface area contributed by atoms with Gasteiger partial charge in [-0.05, 0) is 0 Å². The van der Waals surface area contributed by atoms with Gasteiger partial charge in [0.2, 0.25) is 0 Å². The molecule has 0 spiro atoms. The van der Waals surface area contributed by atoms with Crippen molar-refractivity contribution in [2.24, 2.45) is 0 Å². The largest absolute Gasteiger partial charge is 3.00 e. The van der Waals surface area contributed by atoms with E-state index in [-0.39, 0.29) is 154 Å². The van der Waals surface area contributed by atoms with Gasteiger partial charge in [0.05, 0.1) is 0 Å². The zero-order valence-corrected chi connectivity index (χ0v) is 20.9. The Morgan fingerprint density at radius 1 is 0.625 bits per heavy atom. The van der Waals surface area contributed by atoms with Crippen LogP contribution in [0.4, 0.5) is 0 Å². The summed E-state index contributed by atoms with van der Waals surface area (Å²) >= 11 is 0. The molecule has 0 nitrogen and oxygen atoms in total. The third-order valence-corrected chi connectivity index (χ3v) is 0. The van der Waals surface area contributed by atoms with E-state index >= 15 is 0 Å². The van der Waals surface area contributed by atoms with Crippen LogP contribution in [0.5, 0.6) is 0 Å². The van der Waals surface area contributed by atoms with E-state index in [1.54, 1.807) is 0 Å². The molecule has 8 heteroatoms. The first-order chi connectivity index (χ1) is 0. The van der Waals surface area contributed by atoms with Crippen LogP contribution in [0.1, 0.15) is 0 Å². The molecular weight excluding hydrogens is 529 g/mol. The summed E-state index contributed by atoms with van der Waals surface area (Å²) in [5.41, 5.74) is 0. The molecule has 0 amide bonds. The second-order valence-electron chi connectivity index (χ2n) is 0. The maximum Gasteiger partial charge on any atom is 3.00 e. The van der Waals surface area contributed by atoms with Crippen LogP contribution in [-0.4, -0.2) is 144 Å². The molecule has 0 atom stereocenters. The van der Waals surface area contributed by atoms with Crippen LogP contribution in [0.25, 0.3) is 0 Å². The molecule has 12 radical (unpaired) electrons. The van der Waals surface area contributed by atoms with Crippen LogP contribution in [0.3, 0.4) is 0 Å². The van der Waals surface area contributed by atoms with Gasteiger partial charge in [-0.25, -0.2) is 0 Å². The molecule has 0 aliphatic carbocycles. The van der Waals surface area contributed by atoms with Crippen molar-refractivity contribution in [1.82, 2.24) is 0 Å². The first-order valence-corrected chi connectivity index (χ1v) is 0. The Hall–Kier alpha value is 5.07. The maximum absolute atomic E-state index is 0. The third-order valence-electron chi connectivity index (χ3n) is 0. The van der Waals surface area contributed by atoms with E-state index in [2.05, 4.69) is 0 Å². The van der Waals surface area contributed by atoms with Gasteiger partial charge < -0.3 is 27.9 Å². The molecule has 0 saturated carbocycles. The Morgan fingerprint density at radius 3 is 0.625 bits per heavy atom. The molecule has 0 aromatic carbocycles. The molecule has 0 aliphatic rings. The van der Waals surface area contributed by atoms with E-state index in [9.17, 15) is 0 Å². The monoisotopic (exact) mass is 528 g/mol. The summed E-state index contributed by atoms with van der Waals surface area (Å²) < 4.78 is 0. The Bertz CT molecular complexity index is 18.0. The number of hydrogen-bond donors (Lipinski definition) is 0. The minimum absolute atomic E-state index is 0. The van der Waals surface area contributed by atoms with Crippen molar-refractivity contribution < 1.29 is 0 Å². The minimum atomic E-state index is 0. The molecule has 0 saturated heterocycles. The molecule has 0 aromatic rings. The molecule has 0 bridgehead atoms. The van der Waals surface area contributed by atoms with Crippen molar-refractivity contribution in [3.8, 4) is 0 Å². The van der Waals surface area contributed by atoms with Crippen LogP contribution in [0.15, 0.2) is 0 Å². The Morgan fingerprint density at radius 2 is 0.625 bits per heavy atom. The van der Waals surface area contributed by atoms with Crippen molar-refractivity contribution >= 4 is 154 Å². The molecule has 0 fully saturated rings. The number of hydrogen-bond acceptors (Lipinski definition) is 0. The quantitative estimate of drug-likeness (QED) is 0.257. The first kappa shape index (κ1) is 74.1. The minimum Gasteiger partial charge on any atom is -3.00 e. The van der Waals surface area contributed by atoms with Gasteiger partial charge >= 0.3 is 51.7 Å². The maximum atomic E-state index is 0. The van der Waals surface area contributed by atoms with E-state index in [1.165, 1.54) is 0 Å². The summed E-state index contributed by atoms with van der Waals surface area (Å²) in [5.74, 6) is 0. The Balaban J connectivity index is 0. The van der Waals surface area contributed by atoms with Crippen LogP contribution in [-0.2, 0) is 0 Å². The van der Waals surface area contributed by atoms with Crippen molar-refractivity contribution in [2.45, 2.75) is 0 Å². The predicted molar refractivity (Wildman–Crippen MR) is 47.2 cm³/mol. The van der Waals surface area contributed by atoms with Gasteiger partial charge in [0.1, 0.15) is 0 Å². The SMILES string of the molecule is [Al].[Al].[As-3].[Ga].[Ga].[In+3].[In+3].[P-3]. The zero-order valence-electron chi connectivity index (χ0n) is 4.36. The fourth-order valence-corrected chi connectivity index (χ4v) is 0. The summed E-state index contributed by atoms with van der Waals surface area (Å²) in [4.78, 5) is 0. The Labute approximate surface area is 150 Å².